The highest BCUT2D eigenvalue weighted by atomic mass is 16.3. The Kier molecular flexibility index (Phi) is 3.42. The van der Waals surface area contributed by atoms with Crippen molar-refractivity contribution in [2.24, 2.45) is 0 Å². The molecule has 94 valence electrons. The summed E-state index contributed by atoms with van der Waals surface area (Å²) in [4.78, 5) is 0. The van der Waals surface area contributed by atoms with Crippen molar-refractivity contribution in [2.75, 3.05) is 11.1 Å². The molecule has 0 aromatic heterocycles. The summed E-state index contributed by atoms with van der Waals surface area (Å²) < 4.78 is 0. The fourth-order valence-electron chi connectivity index (χ4n) is 2.02. The number of benzene rings is 2. The molecule has 0 aliphatic heterocycles. The van der Waals surface area contributed by atoms with Crippen LogP contribution in [0.25, 0.3) is 0 Å². The molecule has 4 N–H and O–H groups in total. The molecule has 0 fully saturated rings. The van der Waals surface area contributed by atoms with Gasteiger partial charge in [0.05, 0.1) is 0 Å². The van der Waals surface area contributed by atoms with Crippen LogP contribution in [-0.4, -0.2) is 5.11 Å². The number of aromatic hydroxyl groups is 1. The van der Waals surface area contributed by atoms with E-state index in [-0.39, 0.29) is 5.75 Å². The number of nitrogen functional groups attached to an aromatic ring is 1. The van der Waals surface area contributed by atoms with Crippen molar-refractivity contribution in [3.8, 4) is 5.75 Å². The van der Waals surface area contributed by atoms with Crippen molar-refractivity contribution >= 4 is 11.4 Å². The fraction of sp³-hybridized carbons (Fsp3) is 0.200. The summed E-state index contributed by atoms with van der Waals surface area (Å²) >= 11 is 0. The minimum Gasteiger partial charge on any atom is -0.508 e. The summed E-state index contributed by atoms with van der Waals surface area (Å²) in [5, 5.41) is 13.0. The summed E-state index contributed by atoms with van der Waals surface area (Å²) in [5.41, 5.74) is 10.6. The molecular weight excluding hydrogens is 224 g/mol. The standard InChI is InChI=1S/C15H18N2O/c1-10-5-11(2)7-14(6-10)17-9-12-8-13(16)3-4-15(12)18/h3-8,17-18H,9,16H2,1-2H3. The lowest BCUT2D eigenvalue weighted by molar-refractivity contribution is 0.469. The van der Waals surface area contributed by atoms with Crippen molar-refractivity contribution in [2.45, 2.75) is 20.4 Å². The largest absolute Gasteiger partial charge is 0.508 e. The highest BCUT2D eigenvalue weighted by molar-refractivity contribution is 5.52. The number of hydrogen-bond acceptors (Lipinski definition) is 3. The highest BCUT2D eigenvalue weighted by Crippen LogP contribution is 2.21. The number of aryl methyl sites for hydroxylation is 2. The molecule has 0 spiro atoms. The van der Waals surface area contributed by atoms with Gasteiger partial charge in [-0.05, 0) is 55.3 Å². The van der Waals surface area contributed by atoms with Crippen LogP contribution in [-0.2, 0) is 6.54 Å². The first-order valence-electron chi connectivity index (χ1n) is 5.94. The van der Waals surface area contributed by atoms with Crippen LogP contribution in [0.15, 0.2) is 36.4 Å². The first-order chi connectivity index (χ1) is 8.54. The van der Waals surface area contributed by atoms with Gasteiger partial charge < -0.3 is 16.2 Å². The minimum atomic E-state index is 0.265. The second-order valence-corrected chi connectivity index (χ2v) is 4.62. The van der Waals surface area contributed by atoms with Gasteiger partial charge in [0, 0.05) is 23.5 Å². The molecule has 2 aromatic rings. The number of phenols is 1. The number of anilines is 2. The zero-order valence-electron chi connectivity index (χ0n) is 10.7. The number of rotatable bonds is 3. The second kappa shape index (κ2) is 5.00. The van der Waals surface area contributed by atoms with Crippen LogP contribution in [0.5, 0.6) is 5.75 Å². The first kappa shape index (κ1) is 12.3. The number of hydrogen-bond donors (Lipinski definition) is 3. The Morgan fingerprint density at radius 2 is 1.72 bits per heavy atom. The van der Waals surface area contributed by atoms with Crippen LogP contribution in [0.1, 0.15) is 16.7 Å². The molecule has 18 heavy (non-hydrogen) atoms. The third kappa shape index (κ3) is 2.94. The third-order valence-electron chi connectivity index (χ3n) is 2.81. The maximum Gasteiger partial charge on any atom is 0.120 e. The van der Waals surface area contributed by atoms with E-state index in [1.807, 2.05) is 0 Å². The first-order valence-corrected chi connectivity index (χ1v) is 5.94. The predicted molar refractivity (Wildman–Crippen MR) is 75.8 cm³/mol. The van der Waals surface area contributed by atoms with Crippen LogP contribution in [0.2, 0.25) is 0 Å². The second-order valence-electron chi connectivity index (χ2n) is 4.62. The summed E-state index contributed by atoms with van der Waals surface area (Å²) in [7, 11) is 0. The Bertz CT molecular complexity index is 544. The van der Waals surface area contributed by atoms with E-state index in [2.05, 4.69) is 37.4 Å². The van der Waals surface area contributed by atoms with Crippen LogP contribution in [0.4, 0.5) is 11.4 Å². The molecule has 0 bridgehead atoms. The van der Waals surface area contributed by atoms with Gasteiger partial charge in [0.2, 0.25) is 0 Å². The molecule has 0 unspecified atom stereocenters. The number of nitrogens with one attached hydrogen (secondary N) is 1. The van der Waals surface area contributed by atoms with E-state index in [1.165, 1.54) is 11.1 Å². The van der Waals surface area contributed by atoms with E-state index in [0.717, 1.165) is 11.3 Å². The van der Waals surface area contributed by atoms with Gasteiger partial charge in [0.1, 0.15) is 5.75 Å². The Balaban J connectivity index is 2.13. The molecule has 0 heterocycles. The maximum atomic E-state index is 9.73. The fourth-order valence-corrected chi connectivity index (χ4v) is 2.02. The van der Waals surface area contributed by atoms with Gasteiger partial charge in [0.25, 0.3) is 0 Å². The number of phenolic OH excluding ortho intramolecular Hbond substituents is 1. The van der Waals surface area contributed by atoms with E-state index in [0.29, 0.717) is 12.2 Å². The summed E-state index contributed by atoms with van der Waals surface area (Å²) in [5.74, 6) is 0.265. The lowest BCUT2D eigenvalue weighted by Crippen LogP contribution is -2.01. The molecule has 0 radical (unpaired) electrons. The van der Waals surface area contributed by atoms with Gasteiger partial charge in [-0.25, -0.2) is 0 Å². The van der Waals surface area contributed by atoms with Crippen molar-refractivity contribution in [1.82, 2.24) is 0 Å². The molecule has 2 aromatic carbocycles. The lowest BCUT2D eigenvalue weighted by Gasteiger charge is -2.10. The van der Waals surface area contributed by atoms with Gasteiger partial charge in [-0.1, -0.05) is 6.07 Å². The minimum absolute atomic E-state index is 0.265. The monoisotopic (exact) mass is 242 g/mol. The topological polar surface area (TPSA) is 58.3 Å². The van der Waals surface area contributed by atoms with E-state index >= 15 is 0 Å². The average molecular weight is 242 g/mol. The van der Waals surface area contributed by atoms with Crippen LogP contribution < -0.4 is 11.1 Å². The lowest BCUT2D eigenvalue weighted by atomic mass is 10.1. The smallest absolute Gasteiger partial charge is 0.120 e. The molecule has 0 aliphatic rings. The zero-order valence-corrected chi connectivity index (χ0v) is 10.7. The summed E-state index contributed by atoms with van der Waals surface area (Å²) in [6.45, 7) is 4.69. The highest BCUT2D eigenvalue weighted by Gasteiger charge is 2.02. The van der Waals surface area contributed by atoms with E-state index in [1.54, 1.807) is 18.2 Å². The van der Waals surface area contributed by atoms with Crippen LogP contribution in [0.3, 0.4) is 0 Å². The molecular formula is C15H18N2O. The van der Waals surface area contributed by atoms with Gasteiger partial charge in [-0.2, -0.15) is 0 Å². The number of nitrogens with two attached hydrogens (primary N) is 1. The van der Waals surface area contributed by atoms with Crippen molar-refractivity contribution < 1.29 is 5.11 Å². The van der Waals surface area contributed by atoms with Crippen molar-refractivity contribution in [3.05, 3.63) is 53.1 Å². The maximum absolute atomic E-state index is 9.73. The quantitative estimate of drug-likeness (QED) is 0.572. The molecule has 0 aliphatic carbocycles. The molecule has 0 atom stereocenters. The van der Waals surface area contributed by atoms with Crippen LogP contribution >= 0.6 is 0 Å². The molecule has 3 nitrogen and oxygen atoms in total. The van der Waals surface area contributed by atoms with E-state index in [9.17, 15) is 5.11 Å². The average Bonchev–Trinajstić information content (AvgIpc) is 2.29. The molecule has 0 saturated carbocycles. The Hall–Kier alpha value is -2.16. The van der Waals surface area contributed by atoms with Crippen LogP contribution in [0, 0.1) is 13.8 Å². The van der Waals surface area contributed by atoms with Gasteiger partial charge in [0.15, 0.2) is 0 Å². The molecule has 3 heteroatoms. The van der Waals surface area contributed by atoms with E-state index in [4.69, 9.17) is 5.73 Å². The summed E-state index contributed by atoms with van der Waals surface area (Å²) in [6.07, 6.45) is 0. The van der Waals surface area contributed by atoms with Crippen molar-refractivity contribution in [3.63, 3.8) is 0 Å². The molecule has 2 rings (SSSR count). The predicted octanol–water partition coefficient (Wildman–Crippen LogP) is 3.20. The molecule has 0 amide bonds. The van der Waals surface area contributed by atoms with Crippen molar-refractivity contribution in [1.29, 1.82) is 0 Å². The van der Waals surface area contributed by atoms with Gasteiger partial charge in [-0.3, -0.25) is 0 Å². The van der Waals surface area contributed by atoms with E-state index < -0.39 is 0 Å². The zero-order chi connectivity index (χ0) is 13.1. The van der Waals surface area contributed by atoms with Gasteiger partial charge in [-0.15, -0.1) is 0 Å². The summed E-state index contributed by atoms with van der Waals surface area (Å²) in [6, 6.07) is 11.4. The third-order valence-corrected chi connectivity index (χ3v) is 2.81. The Labute approximate surface area is 107 Å². The SMILES string of the molecule is Cc1cc(C)cc(NCc2cc(N)ccc2O)c1. The van der Waals surface area contributed by atoms with Gasteiger partial charge >= 0.3 is 0 Å². The Morgan fingerprint density at radius 1 is 1.06 bits per heavy atom. The Morgan fingerprint density at radius 3 is 2.39 bits per heavy atom. The molecule has 0 saturated heterocycles. The normalized spacial score (nSPS) is 10.3.